The van der Waals surface area contributed by atoms with Crippen LogP contribution in [0.1, 0.15) is 38.5 Å². The van der Waals surface area contributed by atoms with E-state index in [1.54, 1.807) is 0 Å². The molecule has 0 radical (unpaired) electrons. The van der Waals surface area contributed by atoms with Crippen molar-refractivity contribution in [2.45, 2.75) is 50.7 Å². The van der Waals surface area contributed by atoms with Crippen molar-refractivity contribution >= 4 is 11.9 Å². The van der Waals surface area contributed by atoms with Crippen LogP contribution in [0, 0.1) is 16.7 Å². The summed E-state index contributed by atoms with van der Waals surface area (Å²) >= 11 is 0. The molecular weight excluding hydrogens is 246 g/mol. The number of rotatable bonds is 3. The van der Waals surface area contributed by atoms with Crippen molar-refractivity contribution in [3.63, 3.8) is 0 Å². The molecular formula is C14H19NO4. The molecule has 0 aromatic rings. The molecule has 3 atom stereocenters. The Kier molecular flexibility index (Phi) is 2.16. The third kappa shape index (κ3) is 1.29. The number of hydrogen-bond acceptors (Lipinski definition) is 3. The van der Waals surface area contributed by atoms with Gasteiger partial charge in [0.05, 0.1) is 6.10 Å². The average molecular weight is 265 g/mol. The van der Waals surface area contributed by atoms with Gasteiger partial charge in [-0.2, -0.15) is 0 Å². The van der Waals surface area contributed by atoms with Crippen LogP contribution in [0.5, 0.6) is 0 Å². The van der Waals surface area contributed by atoms with Crippen molar-refractivity contribution in [1.29, 1.82) is 0 Å². The van der Waals surface area contributed by atoms with Crippen LogP contribution in [-0.2, 0) is 14.3 Å². The molecule has 5 nitrogen and oxygen atoms in total. The van der Waals surface area contributed by atoms with E-state index in [0.29, 0.717) is 24.9 Å². The fourth-order valence-corrected chi connectivity index (χ4v) is 4.40. The molecule has 1 saturated heterocycles. The van der Waals surface area contributed by atoms with E-state index in [4.69, 9.17) is 4.74 Å². The van der Waals surface area contributed by atoms with Gasteiger partial charge in [-0.05, 0) is 32.1 Å². The summed E-state index contributed by atoms with van der Waals surface area (Å²) in [6.07, 6.45) is 5.70. The van der Waals surface area contributed by atoms with Gasteiger partial charge in [0.15, 0.2) is 0 Å². The number of ether oxygens (including phenoxy) is 1. The molecule has 0 bridgehead atoms. The van der Waals surface area contributed by atoms with E-state index in [9.17, 15) is 14.7 Å². The van der Waals surface area contributed by atoms with Gasteiger partial charge in [0.25, 0.3) is 0 Å². The summed E-state index contributed by atoms with van der Waals surface area (Å²) in [5.41, 5.74) is -0.985. The molecule has 4 aliphatic rings. The Morgan fingerprint density at radius 1 is 1.21 bits per heavy atom. The molecule has 0 aromatic carbocycles. The van der Waals surface area contributed by atoms with Crippen LogP contribution in [0.25, 0.3) is 0 Å². The standard InChI is InChI=1S/C14H19NO4/c16-11(14(5-6-14)12(17)18)15-9-8-2-7-19-10(8)13(9)3-1-4-13/h8-10H,1-7H2,(H,15,16)(H,17,18). The summed E-state index contributed by atoms with van der Waals surface area (Å²) < 4.78 is 5.80. The molecule has 19 heavy (non-hydrogen) atoms. The van der Waals surface area contributed by atoms with Crippen molar-refractivity contribution in [2.24, 2.45) is 16.7 Å². The Hall–Kier alpha value is -1.10. The van der Waals surface area contributed by atoms with Crippen molar-refractivity contribution in [3.05, 3.63) is 0 Å². The number of carboxylic acids is 1. The van der Waals surface area contributed by atoms with E-state index in [1.807, 2.05) is 0 Å². The summed E-state index contributed by atoms with van der Waals surface area (Å²) in [5, 5.41) is 12.2. The first kappa shape index (κ1) is 11.7. The molecule has 5 heteroatoms. The van der Waals surface area contributed by atoms with Crippen LogP contribution in [0.15, 0.2) is 0 Å². The lowest BCUT2D eigenvalue weighted by Gasteiger charge is -2.63. The highest BCUT2D eigenvalue weighted by molar-refractivity contribution is 6.05. The SMILES string of the molecule is O=C(O)C1(C(=O)NC2C3CCOC3C23CCC3)CC1. The normalized spacial score (nSPS) is 39.9. The van der Waals surface area contributed by atoms with E-state index in [-0.39, 0.29) is 17.4 Å². The predicted octanol–water partition coefficient (Wildman–Crippen LogP) is 0.925. The van der Waals surface area contributed by atoms with E-state index in [0.717, 1.165) is 25.9 Å². The zero-order chi connectivity index (χ0) is 13.3. The minimum absolute atomic E-state index is 0.130. The second-order valence-corrected chi connectivity index (χ2v) is 6.67. The molecule has 4 rings (SSSR count). The van der Waals surface area contributed by atoms with E-state index in [2.05, 4.69) is 5.32 Å². The van der Waals surface area contributed by atoms with E-state index < -0.39 is 11.4 Å². The molecule has 1 spiro atoms. The number of fused-ring (bicyclic) bond motifs is 2. The first-order chi connectivity index (χ1) is 9.10. The lowest BCUT2D eigenvalue weighted by molar-refractivity contribution is -0.181. The average Bonchev–Trinajstić information content (AvgIpc) is 3.02. The molecule has 3 aliphatic carbocycles. The minimum Gasteiger partial charge on any atom is -0.480 e. The highest BCUT2D eigenvalue weighted by Crippen LogP contribution is 2.63. The molecule has 1 amide bonds. The maximum atomic E-state index is 12.3. The van der Waals surface area contributed by atoms with E-state index in [1.165, 1.54) is 6.42 Å². The predicted molar refractivity (Wildman–Crippen MR) is 65.4 cm³/mol. The van der Waals surface area contributed by atoms with Crippen LogP contribution >= 0.6 is 0 Å². The van der Waals surface area contributed by atoms with Gasteiger partial charge < -0.3 is 15.2 Å². The molecule has 3 saturated carbocycles. The van der Waals surface area contributed by atoms with Gasteiger partial charge >= 0.3 is 5.97 Å². The maximum absolute atomic E-state index is 12.3. The van der Waals surface area contributed by atoms with Crippen LogP contribution < -0.4 is 5.32 Å². The molecule has 2 N–H and O–H groups in total. The number of nitrogens with one attached hydrogen (secondary N) is 1. The number of carbonyl (C=O) groups is 2. The van der Waals surface area contributed by atoms with Gasteiger partial charge in [0, 0.05) is 24.0 Å². The fraction of sp³-hybridized carbons (Fsp3) is 0.857. The van der Waals surface area contributed by atoms with Crippen LogP contribution in [0.2, 0.25) is 0 Å². The van der Waals surface area contributed by atoms with E-state index >= 15 is 0 Å². The lowest BCUT2D eigenvalue weighted by atomic mass is 9.46. The summed E-state index contributed by atoms with van der Waals surface area (Å²) in [7, 11) is 0. The van der Waals surface area contributed by atoms with Gasteiger partial charge in [-0.25, -0.2) is 0 Å². The topological polar surface area (TPSA) is 75.6 Å². The van der Waals surface area contributed by atoms with Gasteiger partial charge in [-0.15, -0.1) is 0 Å². The molecule has 104 valence electrons. The van der Waals surface area contributed by atoms with Gasteiger partial charge in [-0.1, -0.05) is 6.42 Å². The third-order valence-electron chi connectivity index (χ3n) is 5.92. The van der Waals surface area contributed by atoms with Crippen molar-refractivity contribution < 1.29 is 19.4 Å². The summed E-state index contributed by atoms with van der Waals surface area (Å²) in [6, 6.07) is 0.151. The highest BCUT2D eigenvalue weighted by atomic mass is 16.5. The quantitative estimate of drug-likeness (QED) is 0.744. The third-order valence-corrected chi connectivity index (χ3v) is 5.92. The Labute approximate surface area is 111 Å². The number of carboxylic acid groups (broad SMARTS) is 1. The first-order valence-corrected chi connectivity index (χ1v) is 7.26. The molecule has 3 unspecified atom stereocenters. The minimum atomic E-state index is -1.12. The zero-order valence-corrected chi connectivity index (χ0v) is 10.9. The second kappa shape index (κ2) is 3.51. The number of amides is 1. The number of carbonyl (C=O) groups excluding carboxylic acids is 1. The Balaban J connectivity index is 1.51. The fourth-order valence-electron chi connectivity index (χ4n) is 4.40. The number of aliphatic carboxylic acids is 1. The molecule has 0 aromatic heterocycles. The Bertz CT molecular complexity index is 452. The maximum Gasteiger partial charge on any atom is 0.319 e. The van der Waals surface area contributed by atoms with Crippen molar-refractivity contribution in [1.82, 2.24) is 5.32 Å². The van der Waals surface area contributed by atoms with Crippen LogP contribution in [0.3, 0.4) is 0 Å². The molecule has 4 fully saturated rings. The Morgan fingerprint density at radius 3 is 2.47 bits per heavy atom. The summed E-state index contributed by atoms with van der Waals surface area (Å²) in [6.45, 7) is 0.785. The zero-order valence-electron chi connectivity index (χ0n) is 10.9. The van der Waals surface area contributed by atoms with Crippen LogP contribution in [-0.4, -0.2) is 35.7 Å². The van der Waals surface area contributed by atoms with Gasteiger partial charge in [-0.3, -0.25) is 9.59 Å². The second-order valence-electron chi connectivity index (χ2n) is 6.67. The Morgan fingerprint density at radius 2 is 1.95 bits per heavy atom. The lowest BCUT2D eigenvalue weighted by Crippen LogP contribution is -2.72. The first-order valence-electron chi connectivity index (χ1n) is 7.26. The van der Waals surface area contributed by atoms with Gasteiger partial charge in [0.2, 0.25) is 5.91 Å². The molecule has 1 heterocycles. The number of hydrogen-bond donors (Lipinski definition) is 2. The summed E-state index contributed by atoms with van der Waals surface area (Å²) in [4.78, 5) is 23.5. The summed E-state index contributed by atoms with van der Waals surface area (Å²) in [5.74, 6) is -0.818. The van der Waals surface area contributed by atoms with Crippen LogP contribution in [0.4, 0.5) is 0 Å². The smallest absolute Gasteiger partial charge is 0.319 e. The monoisotopic (exact) mass is 265 g/mol. The highest BCUT2D eigenvalue weighted by Gasteiger charge is 2.68. The van der Waals surface area contributed by atoms with Crippen molar-refractivity contribution in [3.8, 4) is 0 Å². The van der Waals surface area contributed by atoms with Crippen molar-refractivity contribution in [2.75, 3.05) is 6.61 Å². The van der Waals surface area contributed by atoms with Gasteiger partial charge in [0.1, 0.15) is 5.41 Å². The largest absolute Gasteiger partial charge is 0.480 e. The molecule has 1 aliphatic heterocycles.